The molecule has 0 aliphatic heterocycles. The molecule has 21 heavy (non-hydrogen) atoms. The highest BCUT2D eigenvalue weighted by atomic mass is 32.2. The molecule has 1 aliphatic carbocycles. The third-order valence-corrected chi connectivity index (χ3v) is 4.98. The predicted molar refractivity (Wildman–Crippen MR) is 81.6 cm³/mol. The number of aryl methyl sites for hydroxylation is 2. The highest BCUT2D eigenvalue weighted by Gasteiger charge is 2.22. The first kappa shape index (κ1) is 14.4. The van der Waals surface area contributed by atoms with Gasteiger partial charge in [0.1, 0.15) is 5.75 Å². The van der Waals surface area contributed by atoms with E-state index in [0.717, 1.165) is 17.7 Å². The number of fused-ring (bicyclic) bond motifs is 1. The van der Waals surface area contributed by atoms with Gasteiger partial charge >= 0.3 is 0 Å². The second-order valence-corrected chi connectivity index (χ2v) is 7.98. The Hall–Kier alpha value is -1.49. The van der Waals surface area contributed by atoms with E-state index in [9.17, 15) is 4.21 Å². The van der Waals surface area contributed by atoms with Crippen molar-refractivity contribution in [1.29, 1.82) is 0 Å². The number of hydrogen-bond acceptors (Lipinski definition) is 4. The molecule has 1 heterocycles. The molecule has 0 saturated heterocycles. The Morgan fingerprint density at radius 3 is 2.67 bits per heavy atom. The summed E-state index contributed by atoms with van der Waals surface area (Å²) in [6, 6.07) is 6.13. The Kier molecular flexibility index (Phi) is 3.69. The van der Waals surface area contributed by atoms with Crippen molar-refractivity contribution in [3.05, 3.63) is 41.1 Å². The number of hydrogen-bond donors (Lipinski definition) is 0. The van der Waals surface area contributed by atoms with Gasteiger partial charge in [0, 0.05) is 10.3 Å². The van der Waals surface area contributed by atoms with Gasteiger partial charge in [-0.15, -0.1) is 10.2 Å². The predicted octanol–water partition coefficient (Wildman–Crippen LogP) is 3.16. The van der Waals surface area contributed by atoms with Gasteiger partial charge in [-0.3, -0.25) is 4.21 Å². The third-order valence-electron chi connectivity index (χ3n) is 3.70. The number of rotatable bonds is 3. The van der Waals surface area contributed by atoms with E-state index in [2.05, 4.69) is 22.3 Å². The standard InChI is InChI=1S/C16H20N2O2S/c1-16(2,3)15-18-17-14(20-15)10-21(19)13-8-7-11-5-4-6-12(11)9-13/h7-9H,4-6,10H2,1-3H3/t21-/m0/s1. The lowest BCUT2D eigenvalue weighted by Gasteiger charge is -2.10. The van der Waals surface area contributed by atoms with Crippen LogP contribution >= 0.6 is 0 Å². The van der Waals surface area contributed by atoms with Crippen LogP contribution in [0.1, 0.15) is 50.1 Å². The van der Waals surface area contributed by atoms with E-state index in [-0.39, 0.29) is 11.2 Å². The summed E-state index contributed by atoms with van der Waals surface area (Å²) in [5.41, 5.74) is 2.55. The Bertz CT molecular complexity index is 686. The van der Waals surface area contributed by atoms with Gasteiger partial charge in [0.25, 0.3) is 0 Å². The summed E-state index contributed by atoms with van der Waals surface area (Å²) in [6.45, 7) is 6.05. The zero-order valence-electron chi connectivity index (χ0n) is 12.7. The summed E-state index contributed by atoms with van der Waals surface area (Å²) in [6.07, 6.45) is 3.43. The van der Waals surface area contributed by atoms with Crippen molar-refractivity contribution in [2.24, 2.45) is 0 Å². The molecule has 0 spiro atoms. The molecule has 2 aromatic rings. The summed E-state index contributed by atoms with van der Waals surface area (Å²) < 4.78 is 18.1. The lowest BCUT2D eigenvalue weighted by molar-refractivity contribution is 0.378. The molecule has 1 atom stereocenters. The lowest BCUT2D eigenvalue weighted by atomic mass is 9.97. The highest BCUT2D eigenvalue weighted by molar-refractivity contribution is 7.84. The van der Waals surface area contributed by atoms with E-state index in [1.54, 1.807) is 0 Å². The summed E-state index contributed by atoms with van der Waals surface area (Å²) in [5.74, 6) is 1.31. The van der Waals surface area contributed by atoms with Crippen molar-refractivity contribution in [2.75, 3.05) is 0 Å². The maximum absolute atomic E-state index is 12.5. The summed E-state index contributed by atoms with van der Waals surface area (Å²) in [7, 11) is -1.14. The van der Waals surface area contributed by atoms with Crippen LogP contribution in [0.5, 0.6) is 0 Å². The normalized spacial score (nSPS) is 16.0. The van der Waals surface area contributed by atoms with Crippen LogP contribution < -0.4 is 0 Å². The molecule has 1 aliphatic rings. The molecule has 0 N–H and O–H groups in total. The molecule has 4 nitrogen and oxygen atoms in total. The van der Waals surface area contributed by atoms with Crippen molar-refractivity contribution in [3.8, 4) is 0 Å². The summed E-state index contributed by atoms with van der Waals surface area (Å²) in [4.78, 5) is 0.853. The van der Waals surface area contributed by atoms with Gasteiger partial charge in [-0.1, -0.05) is 26.8 Å². The zero-order valence-corrected chi connectivity index (χ0v) is 13.5. The van der Waals surface area contributed by atoms with Gasteiger partial charge in [-0.2, -0.15) is 0 Å². The fourth-order valence-electron chi connectivity index (χ4n) is 2.50. The summed E-state index contributed by atoms with van der Waals surface area (Å²) >= 11 is 0. The van der Waals surface area contributed by atoms with Gasteiger partial charge in [-0.25, -0.2) is 0 Å². The van der Waals surface area contributed by atoms with Crippen LogP contribution in [0.2, 0.25) is 0 Å². The van der Waals surface area contributed by atoms with Crippen molar-refractivity contribution >= 4 is 10.8 Å². The van der Waals surface area contributed by atoms with E-state index < -0.39 is 10.8 Å². The molecule has 3 rings (SSSR count). The van der Waals surface area contributed by atoms with Gasteiger partial charge in [0.05, 0.1) is 10.8 Å². The van der Waals surface area contributed by atoms with Crippen LogP contribution in [0.4, 0.5) is 0 Å². The molecule has 1 aromatic heterocycles. The van der Waals surface area contributed by atoms with Crippen LogP contribution in [0.3, 0.4) is 0 Å². The van der Waals surface area contributed by atoms with Crippen LogP contribution in [0.15, 0.2) is 27.5 Å². The van der Waals surface area contributed by atoms with Crippen molar-refractivity contribution in [1.82, 2.24) is 10.2 Å². The van der Waals surface area contributed by atoms with Crippen molar-refractivity contribution < 1.29 is 8.63 Å². The largest absolute Gasteiger partial charge is 0.424 e. The molecule has 0 fully saturated rings. The Labute approximate surface area is 127 Å². The second kappa shape index (κ2) is 5.37. The molecule has 5 heteroatoms. The van der Waals surface area contributed by atoms with Crippen LogP contribution in [0.25, 0.3) is 0 Å². The van der Waals surface area contributed by atoms with E-state index >= 15 is 0 Å². The third kappa shape index (κ3) is 3.07. The highest BCUT2D eigenvalue weighted by Crippen LogP contribution is 2.25. The van der Waals surface area contributed by atoms with Crippen LogP contribution in [0, 0.1) is 0 Å². The molecule has 112 valence electrons. The fourth-order valence-corrected chi connectivity index (χ4v) is 3.50. The Balaban J connectivity index is 1.76. The number of aromatic nitrogens is 2. The van der Waals surface area contributed by atoms with E-state index in [4.69, 9.17) is 4.42 Å². The molecular weight excluding hydrogens is 284 g/mol. The second-order valence-electron chi connectivity index (χ2n) is 6.52. The fraction of sp³-hybridized carbons (Fsp3) is 0.500. The van der Waals surface area contributed by atoms with Gasteiger partial charge in [-0.05, 0) is 42.5 Å². The quantitative estimate of drug-likeness (QED) is 0.874. The van der Waals surface area contributed by atoms with Gasteiger partial charge in [0.15, 0.2) is 0 Å². The maximum atomic E-state index is 12.5. The van der Waals surface area contributed by atoms with Gasteiger partial charge in [0.2, 0.25) is 11.8 Å². The molecule has 1 aromatic carbocycles. The van der Waals surface area contributed by atoms with E-state index in [1.807, 2.05) is 26.8 Å². The number of nitrogens with zero attached hydrogens (tertiary/aromatic N) is 2. The topological polar surface area (TPSA) is 56.0 Å². The smallest absolute Gasteiger partial charge is 0.229 e. The lowest BCUT2D eigenvalue weighted by Crippen LogP contribution is -2.11. The minimum atomic E-state index is -1.14. The van der Waals surface area contributed by atoms with Crippen molar-refractivity contribution in [2.45, 2.75) is 56.1 Å². The Morgan fingerprint density at radius 1 is 1.19 bits per heavy atom. The molecule has 0 radical (unpaired) electrons. The van der Waals surface area contributed by atoms with E-state index in [1.165, 1.54) is 17.5 Å². The van der Waals surface area contributed by atoms with Gasteiger partial charge < -0.3 is 4.42 Å². The van der Waals surface area contributed by atoms with Crippen molar-refractivity contribution in [3.63, 3.8) is 0 Å². The van der Waals surface area contributed by atoms with Crippen LogP contribution in [-0.4, -0.2) is 14.4 Å². The average molecular weight is 304 g/mol. The molecule has 0 saturated carbocycles. The first-order valence-electron chi connectivity index (χ1n) is 7.26. The Morgan fingerprint density at radius 2 is 1.95 bits per heavy atom. The minimum absolute atomic E-state index is 0.180. The molecular formula is C16H20N2O2S. The maximum Gasteiger partial charge on any atom is 0.229 e. The first-order valence-corrected chi connectivity index (χ1v) is 8.58. The molecule has 0 unspecified atom stereocenters. The van der Waals surface area contributed by atoms with E-state index in [0.29, 0.717) is 11.8 Å². The minimum Gasteiger partial charge on any atom is -0.424 e. The average Bonchev–Trinajstić information content (AvgIpc) is 3.04. The van der Waals surface area contributed by atoms with Crippen LogP contribution in [-0.2, 0) is 34.8 Å². The molecule has 0 bridgehead atoms. The SMILES string of the molecule is CC(C)(C)c1nnc(C[S@](=O)c2ccc3c(c2)CCC3)o1. The monoisotopic (exact) mass is 304 g/mol. The molecule has 0 amide bonds. The summed E-state index contributed by atoms with van der Waals surface area (Å²) in [5, 5.41) is 8.05. The first-order chi connectivity index (χ1) is 9.93. The zero-order chi connectivity index (χ0) is 15.0. The number of benzene rings is 1.